The molecule has 1 heterocycles. The first-order chi connectivity index (χ1) is 7.40. The molecule has 7 heteroatoms. The van der Waals surface area contributed by atoms with E-state index in [9.17, 15) is 18.0 Å². The van der Waals surface area contributed by atoms with Crippen molar-refractivity contribution in [3.05, 3.63) is 0 Å². The first kappa shape index (κ1) is 13.1. The van der Waals surface area contributed by atoms with Gasteiger partial charge in [-0.3, -0.25) is 0 Å². The van der Waals surface area contributed by atoms with Gasteiger partial charge in [0.05, 0.1) is 6.42 Å². The summed E-state index contributed by atoms with van der Waals surface area (Å²) in [5, 5.41) is 3.07. The Hall–Kier alpha value is -0.980. The van der Waals surface area contributed by atoms with E-state index in [-0.39, 0.29) is 12.6 Å². The minimum absolute atomic E-state index is 0.285. The van der Waals surface area contributed by atoms with Crippen molar-refractivity contribution in [1.82, 2.24) is 15.1 Å². The predicted octanol–water partition coefficient (Wildman–Crippen LogP) is 0.896. The van der Waals surface area contributed by atoms with Gasteiger partial charge in [-0.25, -0.2) is 4.79 Å². The average molecular weight is 239 g/mol. The third-order valence-corrected chi connectivity index (χ3v) is 2.44. The maximum absolute atomic E-state index is 12.0. The molecule has 0 aromatic rings. The highest BCUT2D eigenvalue weighted by molar-refractivity contribution is 5.74. The minimum atomic E-state index is -4.21. The van der Waals surface area contributed by atoms with E-state index in [0.717, 1.165) is 4.90 Å². The summed E-state index contributed by atoms with van der Waals surface area (Å²) in [6.45, 7) is 2.20. The monoisotopic (exact) mass is 239 g/mol. The van der Waals surface area contributed by atoms with E-state index >= 15 is 0 Å². The number of amides is 2. The maximum atomic E-state index is 12.0. The fourth-order valence-electron chi connectivity index (χ4n) is 1.49. The zero-order valence-electron chi connectivity index (χ0n) is 9.18. The molecule has 4 nitrogen and oxygen atoms in total. The number of nitrogens with one attached hydrogen (secondary N) is 1. The van der Waals surface area contributed by atoms with E-state index in [1.807, 2.05) is 0 Å². The van der Waals surface area contributed by atoms with Gasteiger partial charge in [0.2, 0.25) is 0 Å². The van der Waals surface area contributed by atoms with Crippen LogP contribution in [0.5, 0.6) is 0 Å². The van der Waals surface area contributed by atoms with Gasteiger partial charge < -0.3 is 15.1 Å². The molecule has 0 unspecified atom stereocenters. The van der Waals surface area contributed by atoms with Crippen LogP contribution in [0.4, 0.5) is 18.0 Å². The van der Waals surface area contributed by atoms with Gasteiger partial charge >= 0.3 is 12.2 Å². The van der Waals surface area contributed by atoms with Crippen LogP contribution in [0.25, 0.3) is 0 Å². The lowest BCUT2D eigenvalue weighted by Gasteiger charge is -2.31. The van der Waals surface area contributed by atoms with Crippen molar-refractivity contribution in [2.75, 3.05) is 39.8 Å². The zero-order chi connectivity index (χ0) is 12.2. The smallest absolute Gasteiger partial charge is 0.327 e. The first-order valence-electron chi connectivity index (χ1n) is 5.17. The van der Waals surface area contributed by atoms with Crippen LogP contribution in [0.3, 0.4) is 0 Å². The van der Waals surface area contributed by atoms with Crippen molar-refractivity contribution in [1.29, 1.82) is 0 Å². The summed E-state index contributed by atoms with van der Waals surface area (Å²) >= 11 is 0. The number of carbonyl (C=O) groups is 1. The van der Waals surface area contributed by atoms with Crippen LogP contribution >= 0.6 is 0 Å². The molecule has 0 saturated carbocycles. The Bertz CT molecular complexity index is 239. The molecule has 0 aromatic carbocycles. The number of hydrogen-bond acceptors (Lipinski definition) is 2. The number of halogens is 3. The molecule has 2 amide bonds. The van der Waals surface area contributed by atoms with E-state index in [1.165, 1.54) is 7.05 Å². The van der Waals surface area contributed by atoms with Gasteiger partial charge in [0, 0.05) is 39.8 Å². The lowest BCUT2D eigenvalue weighted by atomic mass is 10.3. The fourth-order valence-corrected chi connectivity index (χ4v) is 1.49. The van der Waals surface area contributed by atoms with Crippen molar-refractivity contribution < 1.29 is 18.0 Å². The Kier molecular flexibility index (Phi) is 4.40. The molecule has 0 radical (unpaired) electrons. The summed E-state index contributed by atoms with van der Waals surface area (Å²) in [6, 6.07) is -0.328. The molecule has 0 atom stereocenters. The molecule has 1 aliphatic heterocycles. The van der Waals surface area contributed by atoms with Crippen molar-refractivity contribution in [3.63, 3.8) is 0 Å². The molecule has 0 aliphatic carbocycles. The van der Waals surface area contributed by atoms with Crippen molar-refractivity contribution in [2.24, 2.45) is 0 Å². The van der Waals surface area contributed by atoms with Gasteiger partial charge in [-0.05, 0) is 0 Å². The number of alkyl halides is 3. The Balaban J connectivity index is 2.34. The van der Waals surface area contributed by atoms with Gasteiger partial charge in [-0.2, -0.15) is 13.2 Å². The summed E-state index contributed by atoms with van der Waals surface area (Å²) in [7, 11) is 1.40. The predicted molar refractivity (Wildman–Crippen MR) is 53.1 cm³/mol. The van der Waals surface area contributed by atoms with E-state index in [0.29, 0.717) is 26.2 Å². The van der Waals surface area contributed by atoms with Crippen molar-refractivity contribution >= 4 is 6.03 Å². The zero-order valence-corrected chi connectivity index (χ0v) is 9.18. The Morgan fingerprint density at radius 2 is 1.94 bits per heavy atom. The van der Waals surface area contributed by atoms with Gasteiger partial charge in [0.25, 0.3) is 0 Å². The van der Waals surface area contributed by atoms with Crippen LogP contribution in [0, 0.1) is 0 Å². The third-order valence-electron chi connectivity index (χ3n) is 2.44. The first-order valence-corrected chi connectivity index (χ1v) is 5.17. The maximum Gasteiger partial charge on any atom is 0.390 e. The summed E-state index contributed by atoms with van der Waals surface area (Å²) in [5.41, 5.74) is 0. The van der Waals surface area contributed by atoms with Gasteiger partial charge in [0.15, 0.2) is 0 Å². The number of nitrogens with zero attached hydrogens (tertiary/aromatic N) is 2. The van der Waals surface area contributed by atoms with Crippen molar-refractivity contribution in [3.8, 4) is 0 Å². The molecule has 16 heavy (non-hydrogen) atoms. The minimum Gasteiger partial charge on any atom is -0.327 e. The molecule has 0 aromatic heterocycles. The summed E-state index contributed by atoms with van der Waals surface area (Å²) in [5.74, 6) is 0. The molecule has 1 fully saturated rings. The van der Waals surface area contributed by atoms with Crippen LogP contribution in [-0.2, 0) is 0 Å². The Morgan fingerprint density at radius 3 is 2.44 bits per heavy atom. The number of rotatable bonds is 2. The highest BCUT2D eigenvalue weighted by Crippen LogP contribution is 2.19. The Morgan fingerprint density at radius 1 is 1.38 bits per heavy atom. The normalized spacial score (nSPS) is 17.4. The molecule has 1 rings (SSSR count). The topological polar surface area (TPSA) is 35.6 Å². The molecule has 0 bridgehead atoms. The molecule has 94 valence electrons. The highest BCUT2D eigenvalue weighted by Gasteiger charge is 2.29. The summed E-state index contributed by atoms with van der Waals surface area (Å²) in [6.07, 6.45) is -5.17. The van der Waals surface area contributed by atoms with E-state index in [4.69, 9.17) is 0 Å². The standard InChI is InChI=1S/C9H16F3N3O/c1-14(5-2-9(10,11)12)8(16)15-6-3-13-4-7-15/h13H,2-7H2,1H3. The van der Waals surface area contributed by atoms with Gasteiger partial charge in [-0.1, -0.05) is 0 Å². The average Bonchev–Trinajstić information content (AvgIpc) is 2.25. The number of urea groups is 1. The molecular weight excluding hydrogens is 223 g/mol. The molecule has 1 N–H and O–H groups in total. The van der Waals surface area contributed by atoms with Crippen LogP contribution in [0.2, 0.25) is 0 Å². The number of hydrogen-bond donors (Lipinski definition) is 1. The summed E-state index contributed by atoms with van der Waals surface area (Å²) in [4.78, 5) is 14.4. The summed E-state index contributed by atoms with van der Waals surface area (Å²) < 4.78 is 35.9. The SMILES string of the molecule is CN(CCC(F)(F)F)C(=O)N1CCNCC1. The van der Waals surface area contributed by atoms with Gasteiger partial charge in [0.1, 0.15) is 0 Å². The second kappa shape index (κ2) is 5.38. The van der Waals surface area contributed by atoms with Crippen LogP contribution in [0.1, 0.15) is 6.42 Å². The highest BCUT2D eigenvalue weighted by atomic mass is 19.4. The van der Waals surface area contributed by atoms with Gasteiger partial charge in [-0.15, -0.1) is 0 Å². The third kappa shape index (κ3) is 4.26. The lowest BCUT2D eigenvalue weighted by molar-refractivity contribution is -0.136. The fraction of sp³-hybridized carbons (Fsp3) is 0.889. The molecule has 1 aliphatic rings. The quantitative estimate of drug-likeness (QED) is 0.777. The number of carbonyl (C=O) groups excluding carboxylic acids is 1. The van der Waals surface area contributed by atoms with Crippen LogP contribution < -0.4 is 5.32 Å². The lowest BCUT2D eigenvalue weighted by Crippen LogP contribution is -2.51. The van der Waals surface area contributed by atoms with E-state index in [2.05, 4.69) is 5.32 Å². The van der Waals surface area contributed by atoms with E-state index < -0.39 is 12.6 Å². The van der Waals surface area contributed by atoms with Crippen LogP contribution in [0.15, 0.2) is 0 Å². The largest absolute Gasteiger partial charge is 0.390 e. The molecule has 1 saturated heterocycles. The van der Waals surface area contributed by atoms with Crippen molar-refractivity contribution in [2.45, 2.75) is 12.6 Å². The second-order valence-electron chi connectivity index (χ2n) is 3.81. The molecule has 0 spiro atoms. The second-order valence-corrected chi connectivity index (χ2v) is 3.81. The molecular formula is C9H16F3N3O. The number of piperazine rings is 1. The van der Waals surface area contributed by atoms with E-state index in [1.54, 1.807) is 4.90 Å². The Labute approximate surface area is 92.4 Å². The van der Waals surface area contributed by atoms with Crippen LogP contribution in [-0.4, -0.2) is 61.8 Å².